The second kappa shape index (κ2) is 5.61. The van der Waals surface area contributed by atoms with Crippen LogP contribution in [-0.4, -0.2) is 18.9 Å². The van der Waals surface area contributed by atoms with E-state index in [1.165, 1.54) is 0 Å². The lowest BCUT2D eigenvalue weighted by molar-refractivity contribution is 0.508. The summed E-state index contributed by atoms with van der Waals surface area (Å²) in [4.78, 5) is 0. The molecular formula is C6H20N4. The van der Waals surface area contributed by atoms with Crippen LogP contribution in [0.5, 0.6) is 0 Å². The maximum Gasteiger partial charge on any atom is 0.106 e. The summed E-state index contributed by atoms with van der Waals surface area (Å²) in [7, 11) is 0. The van der Waals surface area contributed by atoms with Crippen molar-refractivity contribution in [2.45, 2.75) is 32.1 Å². The van der Waals surface area contributed by atoms with E-state index >= 15 is 0 Å². The first-order valence-electron chi connectivity index (χ1n) is 3.63. The molecule has 0 spiro atoms. The van der Waals surface area contributed by atoms with E-state index in [2.05, 4.69) is 5.32 Å². The van der Waals surface area contributed by atoms with Gasteiger partial charge in [-0.2, -0.15) is 0 Å². The minimum absolute atomic E-state index is 0. The predicted molar refractivity (Wildman–Crippen MR) is 45.2 cm³/mol. The molecule has 4 nitrogen and oxygen atoms in total. The van der Waals surface area contributed by atoms with E-state index in [1.54, 1.807) is 0 Å². The summed E-state index contributed by atoms with van der Waals surface area (Å²) in [5.74, 6) is 0. The van der Waals surface area contributed by atoms with Gasteiger partial charge in [-0.1, -0.05) is 0 Å². The quantitative estimate of drug-likeness (QED) is 0.302. The lowest BCUT2D eigenvalue weighted by Crippen LogP contribution is -2.45. The molecule has 0 aromatic rings. The summed E-state index contributed by atoms with van der Waals surface area (Å²) in [5, 5.41) is 2.90. The van der Waals surface area contributed by atoms with Gasteiger partial charge in [-0.25, -0.2) is 0 Å². The monoisotopic (exact) mass is 148 g/mol. The van der Waals surface area contributed by atoms with E-state index in [9.17, 15) is 0 Å². The Labute approximate surface area is 63.6 Å². The van der Waals surface area contributed by atoms with Crippen molar-refractivity contribution in [1.82, 2.24) is 5.32 Å². The smallest absolute Gasteiger partial charge is 0.106 e. The third-order valence-electron chi connectivity index (χ3n) is 1.22. The molecule has 0 aliphatic carbocycles. The fourth-order valence-corrected chi connectivity index (χ4v) is 0.693. The van der Waals surface area contributed by atoms with E-state index in [0.717, 1.165) is 19.4 Å². The molecule has 0 saturated heterocycles. The van der Waals surface area contributed by atoms with Crippen LogP contribution in [0.15, 0.2) is 0 Å². The normalized spacial score (nSPS) is 14.1. The van der Waals surface area contributed by atoms with Crippen LogP contribution in [0.3, 0.4) is 0 Å². The van der Waals surface area contributed by atoms with Crippen LogP contribution < -0.4 is 22.5 Å². The molecule has 0 fully saturated rings. The number of nitrogens with one attached hydrogen (secondary N) is 1. The molecule has 0 aromatic heterocycles. The van der Waals surface area contributed by atoms with E-state index in [1.807, 2.05) is 6.92 Å². The Morgan fingerprint density at radius 1 is 1.40 bits per heavy atom. The molecule has 0 aliphatic rings. The third-order valence-corrected chi connectivity index (χ3v) is 1.22. The molecule has 1 atom stereocenters. The van der Waals surface area contributed by atoms with Gasteiger partial charge in [0.25, 0.3) is 0 Å². The van der Waals surface area contributed by atoms with Crippen LogP contribution in [0.4, 0.5) is 0 Å². The zero-order valence-electron chi connectivity index (χ0n) is 6.51. The van der Waals surface area contributed by atoms with Gasteiger partial charge in [0.15, 0.2) is 0 Å². The Kier molecular flexibility index (Phi) is 5.52. The Morgan fingerprint density at radius 3 is 2.40 bits per heavy atom. The Bertz CT molecular complexity index is 67.0. The Hall–Kier alpha value is -0.160. The van der Waals surface area contributed by atoms with Crippen molar-refractivity contribution in [1.29, 1.82) is 0 Å². The summed E-state index contributed by atoms with van der Waals surface area (Å²) >= 11 is 0. The highest BCUT2D eigenvalue weighted by Gasteiger charge is 1.94. The van der Waals surface area contributed by atoms with Gasteiger partial charge in [-0.3, -0.25) is 5.32 Å². The number of hydrogen-bond acceptors (Lipinski definition) is 4. The van der Waals surface area contributed by atoms with Crippen molar-refractivity contribution < 1.29 is 1.43 Å². The van der Waals surface area contributed by atoms with Gasteiger partial charge in [0.2, 0.25) is 0 Å². The average molecular weight is 148 g/mol. The van der Waals surface area contributed by atoms with Gasteiger partial charge in [-0.15, -0.1) is 0 Å². The lowest BCUT2D eigenvalue weighted by atomic mass is 10.2. The van der Waals surface area contributed by atoms with Crippen LogP contribution in [0.2, 0.25) is 0 Å². The van der Waals surface area contributed by atoms with Crippen molar-refractivity contribution in [3.8, 4) is 0 Å². The highest BCUT2D eigenvalue weighted by molar-refractivity contribution is 4.55. The van der Waals surface area contributed by atoms with Gasteiger partial charge in [0.05, 0.1) is 0 Å². The summed E-state index contributed by atoms with van der Waals surface area (Å²) in [6, 6.07) is 0.274. The molecule has 0 heterocycles. The van der Waals surface area contributed by atoms with Crippen molar-refractivity contribution in [3.05, 3.63) is 0 Å². The van der Waals surface area contributed by atoms with Gasteiger partial charge < -0.3 is 17.2 Å². The zero-order valence-corrected chi connectivity index (χ0v) is 6.51. The minimum atomic E-state index is -0.395. The minimum Gasteiger partial charge on any atom is -0.328 e. The van der Waals surface area contributed by atoms with Crippen LogP contribution in [0.25, 0.3) is 0 Å². The lowest BCUT2D eigenvalue weighted by Gasteiger charge is -2.08. The van der Waals surface area contributed by atoms with Gasteiger partial charge in [0.1, 0.15) is 6.29 Å². The van der Waals surface area contributed by atoms with E-state index in [-0.39, 0.29) is 7.47 Å². The molecule has 0 amide bonds. The first-order valence-corrected chi connectivity index (χ1v) is 3.63. The molecule has 1 unspecified atom stereocenters. The predicted octanol–water partition coefficient (Wildman–Crippen LogP) is -0.850. The van der Waals surface area contributed by atoms with Gasteiger partial charge >= 0.3 is 0 Å². The van der Waals surface area contributed by atoms with Crippen molar-refractivity contribution in [2.24, 2.45) is 17.2 Å². The SMILES string of the molecule is CC(N)CCCNC(N)N.[HH]. The molecule has 0 rings (SSSR count). The zero-order chi connectivity index (χ0) is 7.98. The fraction of sp³-hybridized carbons (Fsp3) is 1.00. The molecule has 4 heteroatoms. The second-order valence-corrected chi connectivity index (χ2v) is 2.60. The van der Waals surface area contributed by atoms with Crippen LogP contribution in [-0.2, 0) is 0 Å². The molecule has 0 bridgehead atoms. The molecule has 0 saturated carbocycles. The molecule has 10 heavy (non-hydrogen) atoms. The average Bonchev–Trinajstić information content (AvgIpc) is 1.79. The van der Waals surface area contributed by atoms with E-state index in [0.29, 0.717) is 0 Å². The van der Waals surface area contributed by atoms with Crippen LogP contribution in [0, 0.1) is 0 Å². The standard InChI is InChI=1S/C6H18N4.H2/c1-5(7)3-2-4-10-6(8)9;/h5-6,10H,2-4,7-9H2,1H3;1H. The number of rotatable bonds is 5. The Morgan fingerprint density at radius 2 is 2.00 bits per heavy atom. The Balaban J connectivity index is 0. The largest absolute Gasteiger partial charge is 0.328 e. The first-order chi connectivity index (χ1) is 4.63. The topological polar surface area (TPSA) is 90.1 Å². The second-order valence-electron chi connectivity index (χ2n) is 2.60. The molecule has 7 N–H and O–H groups in total. The van der Waals surface area contributed by atoms with Gasteiger partial charge in [-0.05, 0) is 26.3 Å². The highest BCUT2D eigenvalue weighted by Crippen LogP contribution is 1.90. The van der Waals surface area contributed by atoms with Gasteiger partial charge in [0, 0.05) is 7.47 Å². The maximum absolute atomic E-state index is 5.52. The van der Waals surface area contributed by atoms with Crippen molar-refractivity contribution >= 4 is 0 Å². The molecule has 0 aliphatic heterocycles. The summed E-state index contributed by atoms with van der Waals surface area (Å²) in [6.45, 7) is 2.83. The number of hydrogen-bond donors (Lipinski definition) is 4. The van der Waals surface area contributed by atoms with Crippen molar-refractivity contribution in [3.63, 3.8) is 0 Å². The summed E-state index contributed by atoms with van der Waals surface area (Å²) < 4.78 is 0. The van der Waals surface area contributed by atoms with E-state index in [4.69, 9.17) is 17.2 Å². The highest BCUT2D eigenvalue weighted by atomic mass is 15.1. The number of nitrogens with two attached hydrogens (primary N) is 3. The van der Waals surface area contributed by atoms with E-state index < -0.39 is 6.29 Å². The molecule has 64 valence electrons. The molecule has 0 radical (unpaired) electrons. The third kappa shape index (κ3) is 7.84. The van der Waals surface area contributed by atoms with Crippen molar-refractivity contribution in [2.75, 3.05) is 6.54 Å². The fourth-order valence-electron chi connectivity index (χ4n) is 0.693. The van der Waals surface area contributed by atoms with Crippen LogP contribution >= 0.6 is 0 Å². The molecular weight excluding hydrogens is 128 g/mol. The summed E-state index contributed by atoms with van der Waals surface area (Å²) in [6.07, 6.45) is 1.65. The first kappa shape index (κ1) is 9.84. The maximum atomic E-state index is 5.52. The summed E-state index contributed by atoms with van der Waals surface area (Å²) in [5.41, 5.74) is 16.0. The molecule has 0 aromatic carbocycles. The van der Waals surface area contributed by atoms with Crippen LogP contribution in [0.1, 0.15) is 21.2 Å².